The Morgan fingerprint density at radius 3 is 2.48 bits per heavy atom. The molecule has 2 aromatic heterocycles. The molecule has 4 rings (SSSR count). The summed E-state index contributed by atoms with van der Waals surface area (Å²) in [6.45, 7) is 1.58. The van der Waals surface area contributed by atoms with Crippen LogP contribution in [-0.4, -0.2) is 27.3 Å². The van der Waals surface area contributed by atoms with Crippen LogP contribution in [0.3, 0.4) is 0 Å². The number of fused-ring (bicyclic) bond motifs is 1. The lowest BCUT2D eigenvalue weighted by atomic mass is 10.1. The Morgan fingerprint density at radius 2 is 1.82 bits per heavy atom. The fourth-order valence-corrected chi connectivity index (χ4v) is 3.49. The minimum atomic E-state index is -0.725. The van der Waals surface area contributed by atoms with Gasteiger partial charge in [-0.15, -0.1) is 0 Å². The van der Waals surface area contributed by atoms with E-state index < -0.39 is 11.9 Å². The molecular weight excluding hydrogens is 423 g/mol. The maximum atomic E-state index is 15.0. The number of ether oxygens (including phenoxy) is 1. The SMILES string of the molecule is CC(=O)OCCc1ccc(-c2nn(Cc3ccc(C#N)cc3)c(=O)c3ccccc23)c(F)n1. The predicted octanol–water partition coefficient (Wildman–Crippen LogP) is 3.62. The summed E-state index contributed by atoms with van der Waals surface area (Å²) in [4.78, 5) is 28.0. The van der Waals surface area contributed by atoms with Gasteiger partial charge in [0.05, 0.1) is 35.7 Å². The van der Waals surface area contributed by atoms with Gasteiger partial charge in [-0.05, 0) is 35.9 Å². The van der Waals surface area contributed by atoms with E-state index in [1.807, 2.05) is 0 Å². The third kappa shape index (κ3) is 4.77. The number of nitriles is 1. The van der Waals surface area contributed by atoms with Crippen molar-refractivity contribution in [2.45, 2.75) is 19.9 Å². The molecule has 2 aromatic carbocycles. The highest BCUT2D eigenvalue weighted by Gasteiger charge is 2.17. The molecular formula is C25H19FN4O3. The van der Waals surface area contributed by atoms with Crippen LogP contribution < -0.4 is 5.56 Å². The van der Waals surface area contributed by atoms with E-state index in [1.165, 1.54) is 11.6 Å². The lowest BCUT2D eigenvalue weighted by molar-refractivity contribution is -0.140. The summed E-state index contributed by atoms with van der Waals surface area (Å²) in [7, 11) is 0. The molecule has 7 nitrogen and oxygen atoms in total. The van der Waals surface area contributed by atoms with Crippen molar-refractivity contribution in [3.63, 3.8) is 0 Å². The van der Waals surface area contributed by atoms with Crippen LogP contribution in [0.5, 0.6) is 0 Å². The van der Waals surface area contributed by atoms with Crippen LogP contribution in [0.15, 0.2) is 65.5 Å². The number of hydrogen-bond acceptors (Lipinski definition) is 6. The van der Waals surface area contributed by atoms with Crippen molar-refractivity contribution in [3.05, 3.63) is 93.8 Å². The fraction of sp³-hybridized carbons (Fsp3) is 0.160. The second-order valence-corrected chi connectivity index (χ2v) is 7.40. The average Bonchev–Trinajstić information content (AvgIpc) is 2.82. The van der Waals surface area contributed by atoms with Crippen LogP contribution in [0.4, 0.5) is 4.39 Å². The highest BCUT2D eigenvalue weighted by atomic mass is 19.1. The zero-order valence-corrected chi connectivity index (χ0v) is 17.8. The Bertz CT molecular complexity index is 1440. The van der Waals surface area contributed by atoms with Crippen molar-refractivity contribution in [2.24, 2.45) is 0 Å². The van der Waals surface area contributed by atoms with Gasteiger partial charge in [-0.1, -0.05) is 30.3 Å². The smallest absolute Gasteiger partial charge is 0.302 e. The number of pyridine rings is 1. The zero-order chi connectivity index (χ0) is 23.4. The standard InChI is InChI=1S/C25H19FN4O3/c1-16(31)33-13-12-19-10-11-22(24(26)28-19)23-20-4-2-3-5-21(20)25(32)30(29-23)15-18-8-6-17(14-27)7-9-18/h2-11H,12-13,15H2,1H3. The van der Waals surface area contributed by atoms with E-state index in [0.717, 1.165) is 5.56 Å². The summed E-state index contributed by atoms with van der Waals surface area (Å²) in [6.07, 6.45) is 0.281. The van der Waals surface area contributed by atoms with Gasteiger partial charge in [-0.25, -0.2) is 9.67 Å². The zero-order valence-electron chi connectivity index (χ0n) is 17.8. The molecule has 0 bridgehead atoms. The minimum Gasteiger partial charge on any atom is -0.465 e. The first kappa shape index (κ1) is 21.8. The van der Waals surface area contributed by atoms with Crippen LogP contribution in [0.1, 0.15) is 23.7 Å². The Morgan fingerprint density at radius 1 is 1.09 bits per heavy atom. The third-order valence-electron chi connectivity index (χ3n) is 5.11. The number of rotatable bonds is 6. The lowest BCUT2D eigenvalue weighted by Gasteiger charge is -2.12. The van der Waals surface area contributed by atoms with Crippen molar-refractivity contribution >= 4 is 16.7 Å². The van der Waals surface area contributed by atoms with E-state index in [2.05, 4.69) is 16.2 Å². The molecule has 0 aliphatic heterocycles. The number of aromatic nitrogens is 3. The third-order valence-corrected chi connectivity index (χ3v) is 5.11. The molecule has 164 valence electrons. The van der Waals surface area contributed by atoms with E-state index in [0.29, 0.717) is 27.7 Å². The van der Waals surface area contributed by atoms with Crippen molar-refractivity contribution in [1.82, 2.24) is 14.8 Å². The largest absolute Gasteiger partial charge is 0.465 e. The summed E-state index contributed by atoms with van der Waals surface area (Å²) in [5.41, 5.74) is 1.90. The number of carbonyl (C=O) groups is 1. The van der Waals surface area contributed by atoms with Crippen LogP contribution in [-0.2, 0) is 22.5 Å². The summed E-state index contributed by atoms with van der Waals surface area (Å²) in [5, 5.41) is 14.4. The molecule has 0 N–H and O–H groups in total. The number of carbonyl (C=O) groups excluding carboxylic acids is 1. The highest BCUT2D eigenvalue weighted by molar-refractivity contribution is 5.93. The van der Waals surface area contributed by atoms with Gasteiger partial charge >= 0.3 is 5.97 Å². The molecule has 0 aliphatic rings. The molecule has 0 spiro atoms. The van der Waals surface area contributed by atoms with Crippen LogP contribution in [0.25, 0.3) is 22.0 Å². The van der Waals surface area contributed by atoms with E-state index in [1.54, 1.807) is 60.7 Å². The molecule has 0 radical (unpaired) electrons. The normalized spacial score (nSPS) is 10.7. The maximum Gasteiger partial charge on any atom is 0.302 e. The Balaban J connectivity index is 1.75. The number of nitrogens with zero attached hydrogens (tertiary/aromatic N) is 4. The molecule has 2 heterocycles. The molecule has 33 heavy (non-hydrogen) atoms. The second kappa shape index (κ2) is 9.40. The van der Waals surface area contributed by atoms with Gasteiger partial charge in [0.1, 0.15) is 5.69 Å². The molecule has 4 aromatic rings. The molecule has 8 heteroatoms. The Hall–Kier alpha value is -4.38. The number of esters is 1. The molecule has 0 saturated heterocycles. The molecule has 0 aliphatic carbocycles. The van der Waals surface area contributed by atoms with Gasteiger partial charge in [0, 0.05) is 24.4 Å². The number of benzene rings is 2. The molecule has 0 atom stereocenters. The van der Waals surface area contributed by atoms with Crippen molar-refractivity contribution in [3.8, 4) is 17.3 Å². The van der Waals surface area contributed by atoms with Gasteiger partial charge in [0.15, 0.2) is 0 Å². The topological polar surface area (TPSA) is 97.9 Å². The highest BCUT2D eigenvalue weighted by Crippen LogP contribution is 2.26. The van der Waals surface area contributed by atoms with E-state index in [-0.39, 0.29) is 30.7 Å². The van der Waals surface area contributed by atoms with E-state index >= 15 is 4.39 Å². The maximum absolute atomic E-state index is 15.0. The first-order valence-corrected chi connectivity index (χ1v) is 10.2. The fourth-order valence-electron chi connectivity index (χ4n) is 3.49. The van der Waals surface area contributed by atoms with E-state index in [9.17, 15) is 9.59 Å². The molecule has 0 fully saturated rings. The lowest BCUT2D eigenvalue weighted by Crippen LogP contribution is -2.24. The summed E-state index contributed by atoms with van der Waals surface area (Å²) < 4.78 is 21.2. The van der Waals surface area contributed by atoms with Gasteiger partial charge in [-0.3, -0.25) is 9.59 Å². The van der Waals surface area contributed by atoms with Crippen molar-refractivity contribution in [2.75, 3.05) is 6.61 Å². The van der Waals surface area contributed by atoms with Crippen molar-refractivity contribution < 1.29 is 13.9 Å². The van der Waals surface area contributed by atoms with Gasteiger partial charge in [0.2, 0.25) is 5.95 Å². The minimum absolute atomic E-state index is 0.109. The average molecular weight is 442 g/mol. The molecule has 0 amide bonds. The summed E-state index contributed by atoms with van der Waals surface area (Å²) in [6, 6.07) is 19.0. The monoisotopic (exact) mass is 442 g/mol. The predicted molar refractivity (Wildman–Crippen MR) is 120 cm³/mol. The summed E-state index contributed by atoms with van der Waals surface area (Å²) >= 11 is 0. The molecule has 0 saturated carbocycles. The van der Waals surface area contributed by atoms with Crippen LogP contribution in [0, 0.1) is 17.3 Å². The number of halogens is 1. The van der Waals surface area contributed by atoms with Gasteiger partial charge in [0.25, 0.3) is 5.56 Å². The second-order valence-electron chi connectivity index (χ2n) is 7.40. The first-order chi connectivity index (χ1) is 16.0. The van der Waals surface area contributed by atoms with E-state index in [4.69, 9.17) is 10.00 Å². The number of hydrogen-bond donors (Lipinski definition) is 0. The molecule has 0 unspecified atom stereocenters. The van der Waals surface area contributed by atoms with Gasteiger partial charge < -0.3 is 4.74 Å². The van der Waals surface area contributed by atoms with Crippen LogP contribution in [0.2, 0.25) is 0 Å². The first-order valence-electron chi connectivity index (χ1n) is 10.2. The van der Waals surface area contributed by atoms with Crippen molar-refractivity contribution in [1.29, 1.82) is 5.26 Å². The van der Waals surface area contributed by atoms with Gasteiger partial charge in [-0.2, -0.15) is 14.8 Å². The quantitative estimate of drug-likeness (QED) is 0.334. The van der Waals surface area contributed by atoms with Crippen LogP contribution >= 0.6 is 0 Å². The Kier molecular flexibility index (Phi) is 6.22. The Labute approximate surface area is 188 Å². The summed E-state index contributed by atoms with van der Waals surface area (Å²) in [5.74, 6) is -1.14.